The smallest absolute Gasteiger partial charge is 0.0684 e. The van der Waals surface area contributed by atoms with Crippen LogP contribution < -0.4 is 0 Å². The van der Waals surface area contributed by atoms with Crippen molar-refractivity contribution in [1.82, 2.24) is 4.90 Å². The van der Waals surface area contributed by atoms with Crippen molar-refractivity contribution >= 4 is 0 Å². The van der Waals surface area contributed by atoms with Gasteiger partial charge in [-0.25, -0.2) is 0 Å². The Labute approximate surface area is 98.1 Å². The van der Waals surface area contributed by atoms with E-state index in [4.69, 9.17) is 5.26 Å². The first-order valence-corrected chi connectivity index (χ1v) is 6.37. The molecule has 0 aromatic heterocycles. The van der Waals surface area contributed by atoms with Crippen LogP contribution in [0.1, 0.15) is 46.0 Å². The highest BCUT2D eigenvalue weighted by Crippen LogP contribution is 2.36. The number of fused-ring (bicyclic) bond motifs is 2. The molecule has 2 aliphatic rings. The van der Waals surface area contributed by atoms with Crippen LogP contribution in [0, 0.1) is 16.7 Å². The molecular weight excluding hydrogens is 200 g/mol. The Bertz CT molecular complexity index is 281. The maximum Gasteiger partial charge on any atom is 0.0684 e. The van der Waals surface area contributed by atoms with Gasteiger partial charge in [0.05, 0.1) is 17.6 Å². The third-order valence-corrected chi connectivity index (χ3v) is 4.16. The molecule has 0 amide bonds. The molecule has 2 heterocycles. The number of hydrogen-bond donors (Lipinski definition) is 1. The summed E-state index contributed by atoms with van der Waals surface area (Å²) in [6.07, 6.45) is 5.18. The van der Waals surface area contributed by atoms with Gasteiger partial charge in [-0.1, -0.05) is 0 Å². The van der Waals surface area contributed by atoms with Crippen LogP contribution in [0.5, 0.6) is 0 Å². The van der Waals surface area contributed by atoms with E-state index in [1.165, 1.54) is 12.8 Å². The summed E-state index contributed by atoms with van der Waals surface area (Å²) in [5.41, 5.74) is -0.213. The molecule has 2 rings (SSSR count). The minimum Gasteiger partial charge on any atom is -0.393 e. The molecule has 2 bridgehead atoms. The Morgan fingerprint density at radius 1 is 1.31 bits per heavy atom. The van der Waals surface area contributed by atoms with Gasteiger partial charge in [0.25, 0.3) is 0 Å². The Kier molecular flexibility index (Phi) is 3.23. The second-order valence-electron chi connectivity index (χ2n) is 5.99. The molecule has 0 aromatic rings. The van der Waals surface area contributed by atoms with Crippen molar-refractivity contribution in [3.05, 3.63) is 0 Å². The zero-order valence-corrected chi connectivity index (χ0v) is 10.3. The second kappa shape index (κ2) is 4.35. The second-order valence-corrected chi connectivity index (χ2v) is 5.99. The summed E-state index contributed by atoms with van der Waals surface area (Å²) < 4.78 is 0. The molecule has 2 saturated heterocycles. The van der Waals surface area contributed by atoms with Gasteiger partial charge in [-0.3, -0.25) is 4.90 Å². The number of rotatable bonds is 3. The van der Waals surface area contributed by atoms with E-state index in [1.54, 1.807) is 0 Å². The number of piperidine rings is 1. The maximum absolute atomic E-state index is 9.70. The van der Waals surface area contributed by atoms with Gasteiger partial charge in [-0.15, -0.1) is 0 Å². The average molecular weight is 222 g/mol. The molecule has 2 aliphatic heterocycles. The van der Waals surface area contributed by atoms with Crippen molar-refractivity contribution < 1.29 is 5.11 Å². The zero-order chi connectivity index (χ0) is 11.8. The molecule has 16 heavy (non-hydrogen) atoms. The summed E-state index contributed by atoms with van der Waals surface area (Å²) in [5.74, 6) is 0. The Morgan fingerprint density at radius 2 is 1.88 bits per heavy atom. The molecule has 90 valence electrons. The van der Waals surface area contributed by atoms with Crippen LogP contribution >= 0.6 is 0 Å². The lowest BCUT2D eigenvalue weighted by atomic mass is 9.90. The van der Waals surface area contributed by atoms with E-state index in [9.17, 15) is 5.11 Å². The van der Waals surface area contributed by atoms with Crippen LogP contribution in [-0.2, 0) is 0 Å². The molecular formula is C13H22N2O. The van der Waals surface area contributed by atoms with Gasteiger partial charge in [0.15, 0.2) is 0 Å². The fourth-order valence-electron chi connectivity index (χ4n) is 3.08. The SMILES string of the molecule is CC(C)(C#N)CCN1C2CCC1CC(O)C2. The monoisotopic (exact) mass is 222 g/mol. The molecule has 0 saturated carbocycles. The minimum atomic E-state index is -0.213. The molecule has 2 fully saturated rings. The van der Waals surface area contributed by atoms with E-state index in [1.807, 2.05) is 13.8 Å². The largest absolute Gasteiger partial charge is 0.393 e. The third-order valence-electron chi connectivity index (χ3n) is 4.16. The van der Waals surface area contributed by atoms with Crippen LogP contribution in [0.3, 0.4) is 0 Å². The number of nitrogens with zero attached hydrogens (tertiary/aromatic N) is 2. The molecule has 0 radical (unpaired) electrons. The summed E-state index contributed by atoms with van der Waals surface area (Å²) >= 11 is 0. The van der Waals surface area contributed by atoms with Crippen molar-refractivity contribution in [1.29, 1.82) is 5.26 Å². The van der Waals surface area contributed by atoms with E-state index >= 15 is 0 Å². The van der Waals surface area contributed by atoms with Crippen molar-refractivity contribution in [2.24, 2.45) is 5.41 Å². The standard InChI is InChI=1S/C13H22N2O/c1-13(2,9-14)5-6-15-10-3-4-11(15)8-12(16)7-10/h10-12,16H,3-8H2,1-2H3. The highest BCUT2D eigenvalue weighted by molar-refractivity contribution is 4.98. The van der Waals surface area contributed by atoms with Crippen LogP contribution in [0.15, 0.2) is 0 Å². The summed E-state index contributed by atoms with van der Waals surface area (Å²) in [6.45, 7) is 5.03. The molecule has 0 aromatic carbocycles. The summed E-state index contributed by atoms with van der Waals surface area (Å²) in [7, 11) is 0. The lowest BCUT2D eigenvalue weighted by Crippen LogP contribution is -2.45. The van der Waals surface area contributed by atoms with E-state index in [-0.39, 0.29) is 11.5 Å². The lowest BCUT2D eigenvalue weighted by molar-refractivity contribution is 0.0316. The van der Waals surface area contributed by atoms with Crippen molar-refractivity contribution in [2.75, 3.05) is 6.54 Å². The number of aliphatic hydroxyl groups excluding tert-OH is 1. The molecule has 3 nitrogen and oxygen atoms in total. The molecule has 0 spiro atoms. The number of nitriles is 1. The van der Waals surface area contributed by atoms with Crippen molar-refractivity contribution in [2.45, 2.75) is 64.1 Å². The van der Waals surface area contributed by atoms with Crippen LogP contribution in [-0.4, -0.2) is 34.7 Å². The molecule has 0 aliphatic carbocycles. The van der Waals surface area contributed by atoms with E-state index in [0.717, 1.165) is 25.8 Å². The van der Waals surface area contributed by atoms with Crippen LogP contribution in [0.25, 0.3) is 0 Å². The summed E-state index contributed by atoms with van der Waals surface area (Å²) in [6, 6.07) is 3.51. The Hall–Kier alpha value is -0.590. The van der Waals surface area contributed by atoms with Crippen molar-refractivity contribution in [3.8, 4) is 6.07 Å². The highest BCUT2D eigenvalue weighted by Gasteiger charge is 2.40. The topological polar surface area (TPSA) is 47.3 Å². The number of aliphatic hydroxyl groups is 1. The van der Waals surface area contributed by atoms with E-state index in [2.05, 4.69) is 11.0 Å². The Balaban J connectivity index is 1.90. The first-order chi connectivity index (χ1) is 7.52. The van der Waals surface area contributed by atoms with Gasteiger partial charge in [0.1, 0.15) is 0 Å². The maximum atomic E-state index is 9.70. The van der Waals surface area contributed by atoms with E-state index < -0.39 is 0 Å². The third kappa shape index (κ3) is 2.39. The summed E-state index contributed by atoms with van der Waals surface area (Å²) in [5, 5.41) is 18.7. The quantitative estimate of drug-likeness (QED) is 0.793. The molecule has 3 heteroatoms. The predicted molar refractivity (Wildman–Crippen MR) is 62.8 cm³/mol. The fraction of sp³-hybridized carbons (Fsp3) is 0.923. The number of hydrogen-bond acceptors (Lipinski definition) is 3. The zero-order valence-electron chi connectivity index (χ0n) is 10.3. The Morgan fingerprint density at radius 3 is 2.38 bits per heavy atom. The van der Waals surface area contributed by atoms with Crippen molar-refractivity contribution in [3.63, 3.8) is 0 Å². The first-order valence-electron chi connectivity index (χ1n) is 6.37. The molecule has 2 unspecified atom stereocenters. The van der Waals surface area contributed by atoms with E-state index in [0.29, 0.717) is 12.1 Å². The van der Waals surface area contributed by atoms with Gasteiger partial charge in [0, 0.05) is 18.6 Å². The first kappa shape index (κ1) is 11.9. The van der Waals surface area contributed by atoms with Gasteiger partial charge in [-0.05, 0) is 46.0 Å². The van der Waals surface area contributed by atoms with Crippen LogP contribution in [0.4, 0.5) is 0 Å². The summed E-state index contributed by atoms with van der Waals surface area (Å²) in [4.78, 5) is 2.53. The molecule has 2 atom stereocenters. The van der Waals surface area contributed by atoms with Gasteiger partial charge < -0.3 is 5.11 Å². The minimum absolute atomic E-state index is 0.0854. The van der Waals surface area contributed by atoms with Gasteiger partial charge >= 0.3 is 0 Å². The average Bonchev–Trinajstić information content (AvgIpc) is 2.47. The normalized spacial score (nSPS) is 35.0. The lowest BCUT2D eigenvalue weighted by Gasteiger charge is -2.38. The highest BCUT2D eigenvalue weighted by atomic mass is 16.3. The van der Waals surface area contributed by atoms with Gasteiger partial charge in [-0.2, -0.15) is 5.26 Å². The predicted octanol–water partition coefficient (Wildman–Crippen LogP) is 1.91. The molecule has 1 N–H and O–H groups in total. The van der Waals surface area contributed by atoms with Crippen LogP contribution in [0.2, 0.25) is 0 Å². The fourth-order valence-corrected chi connectivity index (χ4v) is 3.08. The van der Waals surface area contributed by atoms with Gasteiger partial charge in [0.2, 0.25) is 0 Å².